The van der Waals surface area contributed by atoms with Gasteiger partial charge < -0.3 is 10.1 Å². The van der Waals surface area contributed by atoms with Crippen molar-refractivity contribution in [2.24, 2.45) is 5.92 Å². The number of carbonyl (C=O) groups excluding carboxylic acids is 2. The van der Waals surface area contributed by atoms with Crippen LogP contribution in [-0.4, -0.2) is 34.3 Å². The molecular formula is C20H25N3O3. The lowest BCUT2D eigenvalue weighted by Gasteiger charge is -2.15. The van der Waals surface area contributed by atoms with Crippen LogP contribution < -0.4 is 5.32 Å². The fourth-order valence-electron chi connectivity index (χ4n) is 2.61. The fourth-order valence-corrected chi connectivity index (χ4v) is 2.61. The van der Waals surface area contributed by atoms with E-state index in [0.717, 1.165) is 24.2 Å². The smallest absolute Gasteiger partial charge is 0.357 e. The van der Waals surface area contributed by atoms with Crippen molar-refractivity contribution < 1.29 is 14.3 Å². The average Bonchev–Trinajstić information content (AvgIpc) is 3.38. The molecule has 1 aromatic heterocycles. The van der Waals surface area contributed by atoms with Gasteiger partial charge in [0.05, 0.1) is 11.4 Å². The van der Waals surface area contributed by atoms with Gasteiger partial charge in [0.1, 0.15) is 0 Å². The monoisotopic (exact) mass is 355 g/mol. The predicted molar refractivity (Wildman–Crippen MR) is 98.3 cm³/mol. The van der Waals surface area contributed by atoms with Crippen LogP contribution in [0.25, 0.3) is 5.69 Å². The van der Waals surface area contributed by atoms with Gasteiger partial charge in [-0.2, -0.15) is 5.10 Å². The molecule has 6 heteroatoms. The SMILES string of the molecule is CC(C)CNC(=O)[C@H](C)OC(=O)c1cc(C2CC2)nn1-c1ccccc1. The molecule has 1 amide bonds. The first kappa shape index (κ1) is 18.2. The number of benzene rings is 1. The van der Waals surface area contributed by atoms with Crippen LogP contribution in [0.3, 0.4) is 0 Å². The molecule has 1 heterocycles. The quantitative estimate of drug-likeness (QED) is 0.775. The number of para-hydroxylation sites is 1. The van der Waals surface area contributed by atoms with Gasteiger partial charge in [-0.25, -0.2) is 9.48 Å². The highest BCUT2D eigenvalue weighted by atomic mass is 16.5. The highest BCUT2D eigenvalue weighted by Crippen LogP contribution is 2.39. The van der Waals surface area contributed by atoms with Crippen molar-refractivity contribution in [3.63, 3.8) is 0 Å². The number of carbonyl (C=O) groups is 2. The third-order valence-corrected chi connectivity index (χ3v) is 4.27. The number of nitrogens with one attached hydrogen (secondary N) is 1. The van der Waals surface area contributed by atoms with Crippen LogP contribution in [0.5, 0.6) is 0 Å². The van der Waals surface area contributed by atoms with Crippen molar-refractivity contribution in [2.45, 2.75) is 45.6 Å². The van der Waals surface area contributed by atoms with Gasteiger partial charge in [0.25, 0.3) is 5.91 Å². The Morgan fingerprint density at radius 1 is 1.23 bits per heavy atom. The first-order valence-electron chi connectivity index (χ1n) is 9.09. The van der Waals surface area contributed by atoms with Gasteiger partial charge in [0, 0.05) is 12.5 Å². The van der Waals surface area contributed by atoms with E-state index < -0.39 is 12.1 Å². The molecule has 0 unspecified atom stereocenters. The topological polar surface area (TPSA) is 73.2 Å². The molecule has 0 radical (unpaired) electrons. The van der Waals surface area contributed by atoms with Crippen molar-refractivity contribution in [1.82, 2.24) is 15.1 Å². The maximum absolute atomic E-state index is 12.7. The summed E-state index contributed by atoms with van der Waals surface area (Å²) in [6.45, 7) is 6.15. The molecule has 0 bridgehead atoms. The summed E-state index contributed by atoms with van der Waals surface area (Å²) in [7, 11) is 0. The normalized spacial score (nSPS) is 14.9. The molecule has 1 aromatic carbocycles. The second-order valence-corrected chi connectivity index (χ2v) is 7.16. The summed E-state index contributed by atoms with van der Waals surface area (Å²) in [6, 6.07) is 11.3. The van der Waals surface area contributed by atoms with Crippen molar-refractivity contribution in [3.8, 4) is 5.69 Å². The van der Waals surface area contributed by atoms with E-state index in [2.05, 4.69) is 10.4 Å². The standard InChI is InChI=1S/C20H25N3O3/c1-13(2)12-21-19(24)14(3)26-20(25)18-11-17(15-9-10-15)22-23(18)16-7-5-4-6-8-16/h4-8,11,13-15H,9-10,12H2,1-3H3,(H,21,24)/t14-/m0/s1. The van der Waals surface area contributed by atoms with Crippen LogP contribution in [0.2, 0.25) is 0 Å². The number of rotatable bonds is 7. The van der Waals surface area contributed by atoms with E-state index in [0.29, 0.717) is 24.1 Å². The third kappa shape index (κ3) is 4.31. The Kier molecular flexibility index (Phi) is 5.40. The van der Waals surface area contributed by atoms with Crippen LogP contribution in [-0.2, 0) is 9.53 Å². The summed E-state index contributed by atoms with van der Waals surface area (Å²) in [5.41, 5.74) is 2.04. The lowest BCUT2D eigenvalue weighted by Crippen LogP contribution is -2.37. The lowest BCUT2D eigenvalue weighted by molar-refractivity contribution is -0.129. The summed E-state index contributed by atoms with van der Waals surface area (Å²) in [5.74, 6) is -0.0820. The highest BCUT2D eigenvalue weighted by Gasteiger charge is 2.30. The first-order valence-corrected chi connectivity index (χ1v) is 9.09. The molecule has 1 N–H and O–H groups in total. The van der Waals surface area contributed by atoms with Crippen molar-refractivity contribution in [3.05, 3.63) is 47.8 Å². The molecule has 0 saturated heterocycles. The number of ether oxygens (including phenoxy) is 1. The first-order chi connectivity index (χ1) is 12.5. The van der Waals surface area contributed by atoms with Gasteiger partial charge in [0.2, 0.25) is 0 Å². The molecule has 1 fully saturated rings. The number of esters is 1. The van der Waals surface area contributed by atoms with Gasteiger partial charge >= 0.3 is 5.97 Å². The summed E-state index contributed by atoms with van der Waals surface area (Å²) in [6.07, 6.45) is 1.33. The van der Waals surface area contributed by atoms with Gasteiger partial charge in [-0.15, -0.1) is 0 Å². The zero-order valence-corrected chi connectivity index (χ0v) is 15.4. The van der Waals surface area contributed by atoms with Gasteiger partial charge in [-0.1, -0.05) is 32.0 Å². The number of amides is 1. The number of aromatic nitrogens is 2. The third-order valence-electron chi connectivity index (χ3n) is 4.27. The molecule has 1 atom stereocenters. The summed E-state index contributed by atoms with van der Waals surface area (Å²) >= 11 is 0. The molecule has 0 spiro atoms. The van der Waals surface area contributed by atoms with E-state index >= 15 is 0 Å². The zero-order valence-electron chi connectivity index (χ0n) is 15.4. The Morgan fingerprint density at radius 2 is 1.92 bits per heavy atom. The molecular weight excluding hydrogens is 330 g/mol. The molecule has 2 aromatic rings. The Hall–Kier alpha value is -2.63. The summed E-state index contributed by atoms with van der Waals surface area (Å²) in [5, 5.41) is 7.37. The second kappa shape index (κ2) is 7.72. The number of nitrogens with zero attached hydrogens (tertiary/aromatic N) is 2. The molecule has 0 aliphatic heterocycles. The minimum absolute atomic E-state index is 0.291. The largest absolute Gasteiger partial charge is 0.448 e. The Labute approximate surface area is 153 Å². The van der Waals surface area contributed by atoms with Crippen molar-refractivity contribution in [2.75, 3.05) is 6.54 Å². The summed E-state index contributed by atoms with van der Waals surface area (Å²) in [4.78, 5) is 24.8. The number of hydrogen-bond donors (Lipinski definition) is 1. The van der Waals surface area contributed by atoms with Gasteiger partial charge in [0.15, 0.2) is 11.8 Å². The molecule has 138 valence electrons. The van der Waals surface area contributed by atoms with E-state index in [9.17, 15) is 9.59 Å². The van der Waals surface area contributed by atoms with E-state index in [4.69, 9.17) is 4.74 Å². The highest BCUT2D eigenvalue weighted by molar-refractivity contribution is 5.91. The molecule has 1 aliphatic carbocycles. The average molecular weight is 355 g/mol. The Bertz CT molecular complexity index is 779. The van der Waals surface area contributed by atoms with Crippen LogP contribution in [0.1, 0.15) is 55.7 Å². The molecule has 6 nitrogen and oxygen atoms in total. The fraction of sp³-hybridized carbons (Fsp3) is 0.450. The molecule has 1 aliphatic rings. The van der Waals surface area contributed by atoms with Crippen molar-refractivity contribution >= 4 is 11.9 Å². The Balaban J connectivity index is 1.77. The van der Waals surface area contributed by atoms with Crippen LogP contribution in [0.4, 0.5) is 0 Å². The predicted octanol–water partition coefficient (Wildman–Crippen LogP) is 3.07. The lowest BCUT2D eigenvalue weighted by atomic mass is 10.2. The van der Waals surface area contributed by atoms with Gasteiger partial charge in [-0.05, 0) is 43.9 Å². The molecule has 3 rings (SSSR count). The van der Waals surface area contributed by atoms with Gasteiger partial charge in [-0.3, -0.25) is 4.79 Å². The number of hydrogen-bond acceptors (Lipinski definition) is 4. The second-order valence-electron chi connectivity index (χ2n) is 7.16. The molecule has 1 saturated carbocycles. The van der Waals surface area contributed by atoms with E-state index in [1.807, 2.05) is 44.2 Å². The minimum atomic E-state index is -0.857. The van der Waals surface area contributed by atoms with E-state index in [1.54, 1.807) is 17.7 Å². The molecule has 26 heavy (non-hydrogen) atoms. The zero-order chi connectivity index (χ0) is 18.7. The Morgan fingerprint density at radius 3 is 2.54 bits per heavy atom. The summed E-state index contributed by atoms with van der Waals surface area (Å²) < 4.78 is 7.00. The minimum Gasteiger partial charge on any atom is -0.448 e. The van der Waals surface area contributed by atoms with E-state index in [1.165, 1.54) is 0 Å². The maximum Gasteiger partial charge on any atom is 0.357 e. The van der Waals surface area contributed by atoms with Crippen LogP contribution >= 0.6 is 0 Å². The van der Waals surface area contributed by atoms with Crippen LogP contribution in [0.15, 0.2) is 36.4 Å². The van der Waals surface area contributed by atoms with E-state index in [-0.39, 0.29) is 5.91 Å². The van der Waals surface area contributed by atoms with Crippen LogP contribution in [0, 0.1) is 5.92 Å². The maximum atomic E-state index is 12.7. The van der Waals surface area contributed by atoms with Crippen molar-refractivity contribution in [1.29, 1.82) is 0 Å².